The summed E-state index contributed by atoms with van der Waals surface area (Å²) in [7, 11) is 0. The van der Waals surface area contributed by atoms with Crippen LogP contribution in [0.1, 0.15) is 57.1 Å². The van der Waals surface area contributed by atoms with E-state index >= 15 is 0 Å². The second-order valence-corrected chi connectivity index (χ2v) is 8.91. The monoisotopic (exact) mass is 467 g/mol. The van der Waals surface area contributed by atoms with Crippen LogP contribution in [0.4, 0.5) is 10.5 Å². The zero-order chi connectivity index (χ0) is 24.8. The first kappa shape index (κ1) is 24.0. The van der Waals surface area contributed by atoms with Crippen molar-refractivity contribution in [2.75, 3.05) is 18.4 Å². The molecule has 178 valence electrons. The number of benzene rings is 2. The van der Waals surface area contributed by atoms with Crippen LogP contribution in [0.5, 0.6) is 0 Å². The fraction of sp³-hybridized carbons (Fsp3) is 0.286. The average molecular weight is 468 g/mol. The van der Waals surface area contributed by atoms with Crippen LogP contribution >= 0.6 is 0 Å². The van der Waals surface area contributed by atoms with Crippen LogP contribution in [0.15, 0.2) is 60.8 Å². The van der Waals surface area contributed by atoms with Crippen LogP contribution in [0.2, 0.25) is 0 Å². The average Bonchev–Trinajstić information content (AvgIpc) is 2.89. The molecule has 7 nitrogen and oxygen atoms in total. The molecule has 1 aliphatic rings. The van der Waals surface area contributed by atoms with Gasteiger partial charge in [-0.2, -0.15) is 5.26 Å². The second kappa shape index (κ2) is 10.8. The molecule has 2 heterocycles. The molecule has 1 saturated heterocycles. The Labute approximate surface area is 205 Å². The Hall–Kier alpha value is -4.18. The minimum absolute atomic E-state index is 0.0160. The van der Waals surface area contributed by atoms with Gasteiger partial charge >= 0.3 is 6.03 Å². The largest absolute Gasteiger partial charge is 0.339 e. The molecule has 0 radical (unpaired) electrons. The number of anilines is 1. The van der Waals surface area contributed by atoms with Gasteiger partial charge in [-0.3, -0.25) is 9.78 Å². The predicted molar refractivity (Wildman–Crippen MR) is 135 cm³/mol. The molecule has 35 heavy (non-hydrogen) atoms. The summed E-state index contributed by atoms with van der Waals surface area (Å²) in [6.45, 7) is 5.50. The predicted octanol–water partition coefficient (Wildman–Crippen LogP) is 4.91. The highest BCUT2D eigenvalue weighted by Crippen LogP contribution is 2.30. The van der Waals surface area contributed by atoms with E-state index in [1.165, 1.54) is 5.56 Å². The third-order valence-corrected chi connectivity index (χ3v) is 6.50. The Morgan fingerprint density at radius 3 is 2.46 bits per heavy atom. The molecule has 0 bridgehead atoms. The number of hydrogen-bond acceptors (Lipinski definition) is 4. The molecular weight excluding hydrogens is 438 g/mol. The Morgan fingerprint density at radius 1 is 1.06 bits per heavy atom. The van der Waals surface area contributed by atoms with Crippen molar-refractivity contribution in [3.63, 3.8) is 0 Å². The second-order valence-electron chi connectivity index (χ2n) is 8.91. The number of likely N-dealkylation sites (tertiary alicyclic amines) is 1. The summed E-state index contributed by atoms with van der Waals surface area (Å²) >= 11 is 0. The van der Waals surface area contributed by atoms with Gasteiger partial charge in [0.15, 0.2) is 0 Å². The van der Waals surface area contributed by atoms with Gasteiger partial charge in [-0.05, 0) is 79.6 Å². The number of nitriles is 1. The van der Waals surface area contributed by atoms with E-state index in [9.17, 15) is 9.59 Å². The molecule has 2 N–H and O–H groups in total. The number of carbonyl (C=O) groups is 2. The molecule has 1 aromatic heterocycles. The van der Waals surface area contributed by atoms with Gasteiger partial charge in [0.25, 0.3) is 5.91 Å². The van der Waals surface area contributed by atoms with E-state index in [1.54, 1.807) is 12.3 Å². The lowest BCUT2D eigenvalue weighted by Crippen LogP contribution is -2.38. The van der Waals surface area contributed by atoms with Gasteiger partial charge in [-0.1, -0.05) is 24.3 Å². The van der Waals surface area contributed by atoms with Gasteiger partial charge in [0.2, 0.25) is 0 Å². The summed E-state index contributed by atoms with van der Waals surface area (Å²) in [5, 5.41) is 14.7. The summed E-state index contributed by atoms with van der Waals surface area (Å²) in [5.74, 6) is 0.364. The van der Waals surface area contributed by atoms with Crippen LogP contribution in [0, 0.1) is 25.2 Å². The third-order valence-electron chi connectivity index (χ3n) is 6.50. The van der Waals surface area contributed by atoms with E-state index in [1.807, 2.05) is 67.3 Å². The van der Waals surface area contributed by atoms with Crippen LogP contribution in [-0.2, 0) is 6.54 Å². The molecule has 0 saturated carbocycles. The van der Waals surface area contributed by atoms with Crippen molar-refractivity contribution in [3.8, 4) is 6.07 Å². The van der Waals surface area contributed by atoms with Gasteiger partial charge in [-0.15, -0.1) is 0 Å². The summed E-state index contributed by atoms with van der Waals surface area (Å²) < 4.78 is 0. The minimum Gasteiger partial charge on any atom is -0.339 e. The van der Waals surface area contributed by atoms with Crippen LogP contribution in [0.3, 0.4) is 0 Å². The smallest absolute Gasteiger partial charge is 0.319 e. The Kier molecular flexibility index (Phi) is 7.41. The fourth-order valence-electron chi connectivity index (χ4n) is 4.47. The van der Waals surface area contributed by atoms with Gasteiger partial charge < -0.3 is 15.5 Å². The number of hydrogen-bond donors (Lipinski definition) is 2. The molecule has 3 aromatic rings. The number of rotatable bonds is 5. The summed E-state index contributed by atoms with van der Waals surface area (Å²) in [6.07, 6.45) is 3.44. The van der Waals surface area contributed by atoms with Crippen molar-refractivity contribution < 1.29 is 9.59 Å². The first-order valence-corrected chi connectivity index (χ1v) is 11.8. The third kappa shape index (κ3) is 5.85. The van der Waals surface area contributed by atoms with Crippen LogP contribution in [0.25, 0.3) is 0 Å². The number of amides is 3. The molecule has 1 aliphatic heterocycles. The molecule has 7 heteroatoms. The van der Waals surface area contributed by atoms with E-state index in [0.717, 1.165) is 29.7 Å². The Bertz CT molecular complexity index is 1240. The van der Waals surface area contributed by atoms with Gasteiger partial charge in [0.1, 0.15) is 0 Å². The number of carbonyl (C=O) groups excluding carboxylic acids is 2. The number of urea groups is 1. The van der Waals surface area contributed by atoms with E-state index in [4.69, 9.17) is 5.26 Å². The number of pyridine rings is 1. The standard InChI is InChI=1S/C28H29N5O2/c1-19-15-20(2)26(32-28(35)31-18-24-5-3-4-12-30-24)16-25(19)27(34)33-13-10-23(11-14-33)22-8-6-21(17-29)7-9-22/h3-9,12,15-16,23H,10-11,13-14,18H2,1-2H3,(H2,31,32,35). The van der Waals surface area contributed by atoms with Crippen molar-refractivity contribution in [3.05, 3.63) is 94.3 Å². The summed E-state index contributed by atoms with van der Waals surface area (Å²) in [6, 6.07) is 18.8. The van der Waals surface area contributed by atoms with E-state index in [-0.39, 0.29) is 11.9 Å². The first-order chi connectivity index (χ1) is 16.9. The number of piperidine rings is 1. The number of nitrogens with one attached hydrogen (secondary N) is 2. The topological polar surface area (TPSA) is 98.1 Å². The van der Waals surface area contributed by atoms with Crippen molar-refractivity contribution in [2.24, 2.45) is 0 Å². The van der Waals surface area contributed by atoms with Crippen LogP contribution < -0.4 is 10.6 Å². The maximum atomic E-state index is 13.4. The zero-order valence-electron chi connectivity index (χ0n) is 20.0. The van der Waals surface area contributed by atoms with Gasteiger partial charge in [0.05, 0.1) is 23.9 Å². The summed E-state index contributed by atoms with van der Waals surface area (Å²) in [5.41, 5.74) is 5.64. The molecule has 2 aromatic carbocycles. The lowest BCUT2D eigenvalue weighted by molar-refractivity contribution is 0.0712. The molecule has 4 rings (SSSR count). The lowest BCUT2D eigenvalue weighted by atomic mass is 9.88. The Balaban J connectivity index is 1.39. The maximum absolute atomic E-state index is 13.4. The number of aromatic nitrogens is 1. The molecule has 0 atom stereocenters. The van der Waals surface area contributed by atoms with Crippen molar-refractivity contribution in [1.29, 1.82) is 5.26 Å². The molecule has 0 aliphatic carbocycles. The Morgan fingerprint density at radius 2 is 1.80 bits per heavy atom. The molecule has 1 fully saturated rings. The fourth-order valence-corrected chi connectivity index (χ4v) is 4.47. The lowest BCUT2D eigenvalue weighted by Gasteiger charge is -2.33. The highest BCUT2D eigenvalue weighted by atomic mass is 16.2. The van der Waals surface area contributed by atoms with Crippen molar-refractivity contribution in [2.45, 2.75) is 39.2 Å². The molecule has 0 unspecified atom stereocenters. The molecule has 0 spiro atoms. The minimum atomic E-state index is -0.343. The highest BCUT2D eigenvalue weighted by Gasteiger charge is 2.26. The number of aryl methyl sites for hydroxylation is 2. The first-order valence-electron chi connectivity index (χ1n) is 11.8. The van der Waals surface area contributed by atoms with E-state index in [2.05, 4.69) is 21.7 Å². The quantitative estimate of drug-likeness (QED) is 0.557. The van der Waals surface area contributed by atoms with Crippen LogP contribution in [-0.4, -0.2) is 34.9 Å². The van der Waals surface area contributed by atoms with Gasteiger partial charge in [-0.25, -0.2) is 4.79 Å². The summed E-state index contributed by atoms with van der Waals surface area (Å²) in [4.78, 5) is 31.9. The maximum Gasteiger partial charge on any atom is 0.319 e. The normalized spacial score (nSPS) is 13.7. The molecule has 3 amide bonds. The molecular formula is C28H29N5O2. The SMILES string of the molecule is Cc1cc(C)c(C(=O)N2CCC(c3ccc(C#N)cc3)CC2)cc1NC(=O)NCc1ccccn1. The van der Waals surface area contributed by atoms with Crippen molar-refractivity contribution >= 4 is 17.6 Å². The van der Waals surface area contributed by atoms with E-state index < -0.39 is 0 Å². The number of nitrogens with zero attached hydrogens (tertiary/aromatic N) is 3. The zero-order valence-corrected chi connectivity index (χ0v) is 20.0. The van der Waals surface area contributed by atoms with Gasteiger partial charge in [0, 0.05) is 30.5 Å². The highest BCUT2D eigenvalue weighted by molar-refractivity contribution is 5.98. The van der Waals surface area contributed by atoms with Crippen molar-refractivity contribution in [1.82, 2.24) is 15.2 Å². The van der Waals surface area contributed by atoms with E-state index in [0.29, 0.717) is 42.4 Å².